The number of imidazole rings is 1. The Bertz CT molecular complexity index is 1220. The van der Waals surface area contributed by atoms with Gasteiger partial charge in [-0.2, -0.15) is 4.57 Å². The molecule has 0 aliphatic carbocycles. The maximum absolute atomic E-state index is 13.1. The van der Waals surface area contributed by atoms with Gasteiger partial charge in [0.1, 0.15) is 5.60 Å². The number of amides is 1. The van der Waals surface area contributed by atoms with E-state index in [-0.39, 0.29) is 18.6 Å². The van der Waals surface area contributed by atoms with Crippen LogP contribution in [-0.2, 0) is 11.3 Å². The van der Waals surface area contributed by atoms with E-state index < -0.39 is 17.4 Å². The van der Waals surface area contributed by atoms with Crippen LogP contribution in [0.2, 0.25) is 0 Å². The molecular weight excluding hydrogens is 410 g/mol. The fourth-order valence-electron chi connectivity index (χ4n) is 4.26. The van der Waals surface area contributed by atoms with Gasteiger partial charge in [-0.3, -0.25) is 4.57 Å². The lowest BCUT2D eigenvalue weighted by atomic mass is 9.97. The fraction of sp³-hybridized carbons (Fsp3) is 0.375. The van der Waals surface area contributed by atoms with Crippen LogP contribution in [0.1, 0.15) is 44.2 Å². The summed E-state index contributed by atoms with van der Waals surface area (Å²) in [6.07, 6.45) is -1.04. The molecule has 0 spiro atoms. The van der Waals surface area contributed by atoms with Gasteiger partial charge in [-0.1, -0.05) is 42.5 Å². The Morgan fingerprint density at radius 2 is 1.81 bits per heavy atom. The van der Waals surface area contributed by atoms with E-state index in [0.717, 1.165) is 15.7 Å². The molecule has 8 heteroatoms. The monoisotopic (exact) mass is 437 g/mol. The van der Waals surface area contributed by atoms with E-state index in [0.29, 0.717) is 30.5 Å². The van der Waals surface area contributed by atoms with Gasteiger partial charge in [0.25, 0.3) is 0 Å². The number of para-hydroxylation sites is 1. The van der Waals surface area contributed by atoms with Crippen molar-refractivity contribution in [2.75, 3.05) is 13.1 Å². The van der Waals surface area contributed by atoms with Gasteiger partial charge in [-0.25, -0.2) is 14.4 Å². The highest BCUT2D eigenvalue weighted by atomic mass is 16.6. The zero-order valence-electron chi connectivity index (χ0n) is 18.4. The van der Waals surface area contributed by atoms with Crippen molar-refractivity contribution in [3.05, 3.63) is 70.1 Å². The third kappa shape index (κ3) is 4.12. The Balaban J connectivity index is 1.74. The molecule has 32 heavy (non-hydrogen) atoms. The van der Waals surface area contributed by atoms with E-state index in [9.17, 15) is 19.5 Å². The van der Waals surface area contributed by atoms with Gasteiger partial charge in [0.2, 0.25) is 0 Å². The van der Waals surface area contributed by atoms with Crippen molar-refractivity contribution in [3.63, 3.8) is 0 Å². The summed E-state index contributed by atoms with van der Waals surface area (Å²) < 4.78 is 7.79. The van der Waals surface area contributed by atoms with Gasteiger partial charge in [0.05, 0.1) is 17.6 Å². The van der Waals surface area contributed by atoms with Gasteiger partial charge in [0, 0.05) is 19.0 Å². The normalized spacial score (nSPS) is 16.5. The van der Waals surface area contributed by atoms with Crippen LogP contribution >= 0.6 is 0 Å². The topological polar surface area (TPSA) is 93.8 Å². The van der Waals surface area contributed by atoms with Crippen LogP contribution in [0.4, 0.5) is 9.59 Å². The number of hydrogen-bond donors (Lipinski definition) is 1. The molecule has 4 rings (SSSR count). The summed E-state index contributed by atoms with van der Waals surface area (Å²) in [7, 11) is 0. The van der Waals surface area contributed by atoms with Crippen LogP contribution in [0, 0.1) is 0 Å². The second kappa shape index (κ2) is 8.18. The summed E-state index contributed by atoms with van der Waals surface area (Å²) in [5.41, 5.74) is 1.42. The number of rotatable bonds is 3. The van der Waals surface area contributed by atoms with Crippen LogP contribution in [0.3, 0.4) is 0 Å². The van der Waals surface area contributed by atoms with Crippen LogP contribution in [0.5, 0.6) is 0 Å². The third-order valence-electron chi connectivity index (χ3n) is 5.64. The summed E-state index contributed by atoms with van der Waals surface area (Å²) in [6, 6.07) is 14.9. The molecule has 168 valence electrons. The number of carbonyl (C=O) groups is 2. The summed E-state index contributed by atoms with van der Waals surface area (Å²) in [5, 5.41) is 9.84. The fourth-order valence-corrected chi connectivity index (χ4v) is 4.26. The maximum Gasteiger partial charge on any atom is 0.420 e. The standard InChI is InChI=1S/C24H27N3O5/c1-24(2,3)32-23(31)25-13-12-17(15-25)18-10-7-11-19-20(18)27(22(29)30)21(28)26(19)14-16-8-5-4-6-9-16/h4-11,17H,12-15H2,1-3H3,(H,29,30). The van der Waals surface area contributed by atoms with Gasteiger partial charge in [-0.15, -0.1) is 0 Å². The van der Waals surface area contributed by atoms with Crippen molar-refractivity contribution in [2.45, 2.75) is 45.3 Å². The Hall–Kier alpha value is -3.55. The molecule has 1 aromatic heterocycles. The Labute approximate surface area is 185 Å². The lowest BCUT2D eigenvalue weighted by Crippen LogP contribution is -2.35. The molecule has 1 amide bonds. The van der Waals surface area contributed by atoms with Gasteiger partial charge in [-0.05, 0) is 44.4 Å². The lowest BCUT2D eigenvalue weighted by Gasteiger charge is -2.24. The second-order valence-corrected chi connectivity index (χ2v) is 9.10. The number of benzene rings is 2. The number of likely N-dealkylation sites (tertiary alicyclic amines) is 1. The molecule has 1 unspecified atom stereocenters. The maximum atomic E-state index is 13.1. The van der Waals surface area contributed by atoms with Gasteiger partial charge >= 0.3 is 17.9 Å². The first-order valence-electron chi connectivity index (χ1n) is 10.6. The van der Waals surface area contributed by atoms with E-state index in [1.807, 2.05) is 63.2 Å². The smallest absolute Gasteiger partial charge is 0.420 e. The van der Waals surface area contributed by atoms with E-state index in [1.54, 1.807) is 11.0 Å². The summed E-state index contributed by atoms with van der Waals surface area (Å²) >= 11 is 0. The predicted octanol–water partition coefficient (Wildman–Crippen LogP) is 4.10. The molecule has 3 aromatic rings. The number of nitrogens with zero attached hydrogens (tertiary/aromatic N) is 3. The van der Waals surface area contributed by atoms with Gasteiger partial charge in [0.15, 0.2) is 0 Å². The zero-order valence-corrected chi connectivity index (χ0v) is 18.4. The minimum absolute atomic E-state index is 0.0937. The summed E-state index contributed by atoms with van der Waals surface area (Å²) in [4.78, 5) is 39.3. The van der Waals surface area contributed by atoms with Crippen LogP contribution < -0.4 is 5.69 Å². The van der Waals surface area contributed by atoms with E-state index in [1.165, 1.54) is 4.57 Å². The van der Waals surface area contributed by atoms with E-state index >= 15 is 0 Å². The number of hydrogen-bond acceptors (Lipinski definition) is 4. The van der Waals surface area contributed by atoms with Gasteiger partial charge < -0.3 is 14.7 Å². The molecule has 8 nitrogen and oxygen atoms in total. The minimum Gasteiger partial charge on any atom is -0.464 e. The number of carboxylic acid groups (broad SMARTS) is 1. The van der Waals surface area contributed by atoms with Crippen molar-refractivity contribution in [1.29, 1.82) is 0 Å². The summed E-state index contributed by atoms with van der Waals surface area (Å²) in [6.45, 7) is 6.65. The van der Waals surface area contributed by atoms with E-state index in [4.69, 9.17) is 4.74 Å². The quantitative estimate of drug-likeness (QED) is 0.666. The van der Waals surface area contributed by atoms with Crippen LogP contribution in [0.25, 0.3) is 11.0 Å². The molecule has 0 bridgehead atoms. The molecule has 0 saturated carbocycles. The average molecular weight is 437 g/mol. The van der Waals surface area contributed by atoms with Crippen molar-refractivity contribution in [3.8, 4) is 0 Å². The lowest BCUT2D eigenvalue weighted by molar-refractivity contribution is 0.0292. The van der Waals surface area contributed by atoms with Crippen molar-refractivity contribution in [2.24, 2.45) is 0 Å². The predicted molar refractivity (Wildman–Crippen MR) is 120 cm³/mol. The molecule has 1 fully saturated rings. The number of carbonyl (C=O) groups excluding carboxylic acids is 1. The molecule has 1 atom stereocenters. The molecule has 1 aliphatic heterocycles. The highest BCUT2D eigenvalue weighted by molar-refractivity contribution is 5.89. The average Bonchev–Trinajstić information content (AvgIpc) is 3.31. The second-order valence-electron chi connectivity index (χ2n) is 9.10. The molecule has 0 radical (unpaired) electrons. The Morgan fingerprint density at radius 1 is 1.09 bits per heavy atom. The molecule has 2 aromatic carbocycles. The largest absolute Gasteiger partial charge is 0.464 e. The minimum atomic E-state index is -1.32. The Morgan fingerprint density at radius 3 is 2.47 bits per heavy atom. The first kappa shape index (κ1) is 21.7. The number of aromatic nitrogens is 2. The van der Waals surface area contributed by atoms with Crippen molar-refractivity contribution in [1.82, 2.24) is 14.0 Å². The number of fused-ring (bicyclic) bond motifs is 1. The van der Waals surface area contributed by atoms with E-state index in [2.05, 4.69) is 0 Å². The number of ether oxygens (including phenoxy) is 1. The SMILES string of the molecule is CC(C)(C)OC(=O)N1CCC(c2cccc3c2n(C(=O)O)c(=O)n3Cc2ccccc2)C1. The highest BCUT2D eigenvalue weighted by Gasteiger charge is 2.33. The summed E-state index contributed by atoms with van der Waals surface area (Å²) in [5.74, 6) is -0.0937. The molecule has 1 aliphatic rings. The van der Waals surface area contributed by atoms with Crippen LogP contribution in [0.15, 0.2) is 53.3 Å². The first-order valence-corrected chi connectivity index (χ1v) is 10.6. The molecular formula is C24H27N3O5. The zero-order chi connectivity index (χ0) is 23.0. The van der Waals surface area contributed by atoms with Crippen molar-refractivity contribution >= 4 is 23.2 Å². The molecule has 1 saturated heterocycles. The Kier molecular flexibility index (Phi) is 5.54. The first-order chi connectivity index (χ1) is 15.2. The molecule has 2 heterocycles. The van der Waals surface area contributed by atoms with Crippen LogP contribution in [-0.4, -0.2) is 50.0 Å². The third-order valence-corrected chi connectivity index (χ3v) is 5.64. The highest BCUT2D eigenvalue weighted by Crippen LogP contribution is 2.33. The van der Waals surface area contributed by atoms with Crippen molar-refractivity contribution < 1.29 is 19.4 Å². The molecule has 1 N–H and O–H groups in total.